The molecule has 2 fully saturated rings. The lowest BCUT2D eigenvalue weighted by molar-refractivity contribution is -0.0938. The van der Waals surface area contributed by atoms with Gasteiger partial charge in [0.05, 0.1) is 19.0 Å². The van der Waals surface area contributed by atoms with Crippen LogP contribution in [0.2, 0.25) is 0 Å². The number of ether oxygens (including phenoxy) is 1. The van der Waals surface area contributed by atoms with Crippen LogP contribution in [0, 0.1) is 0 Å². The highest BCUT2D eigenvalue weighted by Crippen LogP contribution is 2.16. The first-order valence-electron chi connectivity index (χ1n) is 3.90. The molecule has 6 heteroatoms. The van der Waals surface area contributed by atoms with E-state index in [2.05, 4.69) is 0 Å². The average molecular weight is 193 g/mol. The Hall–Kier alpha value is -0.170. The molecule has 2 saturated heterocycles. The maximum atomic E-state index is 11.0. The Labute approximate surface area is 71.4 Å². The molecule has 2 aliphatic rings. The van der Waals surface area contributed by atoms with E-state index in [1.165, 1.54) is 0 Å². The summed E-state index contributed by atoms with van der Waals surface area (Å²) in [6, 6.07) is 0. The maximum absolute atomic E-state index is 11.0. The Balaban J connectivity index is 2.08. The van der Waals surface area contributed by atoms with E-state index in [0.29, 0.717) is 19.8 Å². The van der Waals surface area contributed by atoms with Crippen molar-refractivity contribution in [2.24, 2.45) is 0 Å². The van der Waals surface area contributed by atoms with Crippen LogP contribution in [0.3, 0.4) is 0 Å². The predicted octanol–water partition coefficient (Wildman–Crippen LogP) is -0.995. The highest BCUT2D eigenvalue weighted by molar-refractivity contribution is 7.86. The van der Waals surface area contributed by atoms with Gasteiger partial charge in [0.25, 0.3) is 10.1 Å². The minimum atomic E-state index is -3.27. The molecule has 12 heavy (non-hydrogen) atoms. The van der Waals surface area contributed by atoms with Crippen LogP contribution in [0.15, 0.2) is 0 Å². The third-order valence-electron chi connectivity index (χ3n) is 2.08. The van der Waals surface area contributed by atoms with Gasteiger partial charge < -0.3 is 4.74 Å². The first-order valence-corrected chi connectivity index (χ1v) is 5.48. The van der Waals surface area contributed by atoms with Gasteiger partial charge in [0.15, 0.2) is 6.23 Å². The third-order valence-corrected chi connectivity index (χ3v) is 3.27. The molecule has 0 spiro atoms. The van der Waals surface area contributed by atoms with Crippen molar-refractivity contribution in [1.29, 1.82) is 0 Å². The van der Waals surface area contributed by atoms with E-state index in [0.717, 1.165) is 6.54 Å². The fraction of sp³-hybridized carbons (Fsp3) is 1.00. The number of hydrogen-bond acceptors (Lipinski definition) is 5. The van der Waals surface area contributed by atoms with Crippen molar-refractivity contribution in [1.82, 2.24) is 4.90 Å². The molecular weight excluding hydrogens is 182 g/mol. The van der Waals surface area contributed by atoms with E-state index in [4.69, 9.17) is 8.92 Å². The molecule has 70 valence electrons. The van der Waals surface area contributed by atoms with Gasteiger partial charge in [-0.25, -0.2) is 4.18 Å². The molecule has 0 aromatic rings. The first kappa shape index (κ1) is 8.43. The fourth-order valence-corrected chi connectivity index (χ4v) is 2.48. The lowest BCUT2D eigenvalue weighted by Crippen LogP contribution is -2.53. The van der Waals surface area contributed by atoms with Crippen LogP contribution in [-0.4, -0.2) is 51.6 Å². The van der Waals surface area contributed by atoms with Crippen molar-refractivity contribution in [2.75, 3.05) is 32.1 Å². The third kappa shape index (κ3) is 1.61. The number of hydrogen-bond donors (Lipinski definition) is 0. The summed E-state index contributed by atoms with van der Waals surface area (Å²) in [7, 11) is -3.27. The van der Waals surface area contributed by atoms with E-state index < -0.39 is 10.1 Å². The molecule has 0 aromatic heterocycles. The zero-order valence-electron chi connectivity index (χ0n) is 6.60. The van der Waals surface area contributed by atoms with E-state index in [1.807, 2.05) is 4.90 Å². The second-order valence-electron chi connectivity index (χ2n) is 2.92. The number of morpholine rings is 1. The molecule has 1 atom stereocenters. The van der Waals surface area contributed by atoms with Crippen LogP contribution in [0.25, 0.3) is 0 Å². The molecule has 0 unspecified atom stereocenters. The van der Waals surface area contributed by atoms with E-state index >= 15 is 0 Å². The highest BCUT2D eigenvalue weighted by atomic mass is 32.2. The predicted molar refractivity (Wildman–Crippen MR) is 41.1 cm³/mol. The summed E-state index contributed by atoms with van der Waals surface area (Å²) >= 11 is 0. The standard InChI is InChI=1S/C6H11NO4S/c8-12(9)4-2-7-1-3-10-5-6(7)11-12/h6H,1-5H2/t6-/m1/s1. The largest absolute Gasteiger partial charge is 0.376 e. The molecule has 2 aliphatic heterocycles. The Morgan fingerprint density at radius 2 is 2.17 bits per heavy atom. The van der Waals surface area contributed by atoms with Gasteiger partial charge in [-0.05, 0) is 0 Å². The number of fused-ring (bicyclic) bond motifs is 1. The summed E-state index contributed by atoms with van der Waals surface area (Å²) in [4.78, 5) is 1.99. The zero-order valence-corrected chi connectivity index (χ0v) is 7.42. The van der Waals surface area contributed by atoms with Crippen LogP contribution in [-0.2, 0) is 19.0 Å². The lowest BCUT2D eigenvalue weighted by Gasteiger charge is -2.37. The van der Waals surface area contributed by atoms with Crippen molar-refractivity contribution in [2.45, 2.75) is 6.23 Å². The molecular formula is C6H11NO4S. The highest BCUT2D eigenvalue weighted by Gasteiger charge is 2.33. The van der Waals surface area contributed by atoms with E-state index in [-0.39, 0.29) is 12.0 Å². The van der Waals surface area contributed by atoms with Gasteiger partial charge >= 0.3 is 0 Å². The van der Waals surface area contributed by atoms with Gasteiger partial charge in [-0.3, -0.25) is 4.90 Å². The van der Waals surface area contributed by atoms with Crippen molar-refractivity contribution in [3.63, 3.8) is 0 Å². The second kappa shape index (κ2) is 2.95. The maximum Gasteiger partial charge on any atom is 0.270 e. The minimum Gasteiger partial charge on any atom is -0.376 e. The molecule has 5 nitrogen and oxygen atoms in total. The fourth-order valence-electron chi connectivity index (χ4n) is 1.41. The van der Waals surface area contributed by atoms with Crippen LogP contribution in [0.1, 0.15) is 0 Å². The molecule has 0 bridgehead atoms. The summed E-state index contributed by atoms with van der Waals surface area (Å²) in [5.74, 6) is 0.101. The second-order valence-corrected chi connectivity index (χ2v) is 4.64. The van der Waals surface area contributed by atoms with Crippen LogP contribution in [0.4, 0.5) is 0 Å². The van der Waals surface area contributed by atoms with E-state index in [1.54, 1.807) is 0 Å². The van der Waals surface area contributed by atoms with Crippen molar-refractivity contribution in [3.05, 3.63) is 0 Å². The van der Waals surface area contributed by atoms with Crippen molar-refractivity contribution >= 4 is 10.1 Å². The summed E-state index contributed by atoms with van der Waals surface area (Å²) < 4.78 is 32.0. The van der Waals surface area contributed by atoms with Crippen LogP contribution in [0.5, 0.6) is 0 Å². The zero-order chi connectivity index (χ0) is 8.60. The van der Waals surface area contributed by atoms with Gasteiger partial charge in [0, 0.05) is 13.1 Å². The topological polar surface area (TPSA) is 55.8 Å². The number of nitrogens with zero attached hydrogens (tertiary/aromatic N) is 1. The minimum absolute atomic E-state index is 0.101. The summed E-state index contributed by atoms with van der Waals surface area (Å²) in [5.41, 5.74) is 0. The Morgan fingerprint density at radius 1 is 1.33 bits per heavy atom. The first-order chi connectivity index (χ1) is 5.67. The molecule has 0 N–H and O–H groups in total. The number of rotatable bonds is 0. The smallest absolute Gasteiger partial charge is 0.270 e. The normalized spacial score (nSPS) is 35.8. The monoisotopic (exact) mass is 193 g/mol. The SMILES string of the molecule is O=S1(=O)CCN2CCOC[C@H]2O1. The van der Waals surface area contributed by atoms with Crippen molar-refractivity contribution in [3.8, 4) is 0 Å². The molecule has 0 radical (unpaired) electrons. The molecule has 2 rings (SSSR count). The van der Waals surface area contributed by atoms with Crippen LogP contribution >= 0.6 is 0 Å². The van der Waals surface area contributed by atoms with Crippen LogP contribution < -0.4 is 0 Å². The lowest BCUT2D eigenvalue weighted by atomic mass is 10.4. The van der Waals surface area contributed by atoms with Gasteiger partial charge in [0.2, 0.25) is 0 Å². The van der Waals surface area contributed by atoms with Gasteiger partial charge in [-0.15, -0.1) is 0 Å². The van der Waals surface area contributed by atoms with Gasteiger partial charge in [0.1, 0.15) is 0 Å². The molecule has 0 saturated carbocycles. The Kier molecular flexibility index (Phi) is 2.07. The van der Waals surface area contributed by atoms with Gasteiger partial charge in [-0.2, -0.15) is 8.42 Å². The molecule has 0 aliphatic carbocycles. The Morgan fingerprint density at radius 3 is 3.00 bits per heavy atom. The van der Waals surface area contributed by atoms with Crippen molar-refractivity contribution < 1.29 is 17.3 Å². The molecule has 2 heterocycles. The average Bonchev–Trinajstić information content (AvgIpc) is 2.02. The Bertz CT molecular complexity index is 263. The summed E-state index contributed by atoms with van der Waals surface area (Å²) in [6.07, 6.45) is -0.377. The molecule has 0 aromatic carbocycles. The summed E-state index contributed by atoms with van der Waals surface area (Å²) in [5, 5.41) is 0. The van der Waals surface area contributed by atoms with E-state index in [9.17, 15) is 8.42 Å². The van der Waals surface area contributed by atoms with Gasteiger partial charge in [-0.1, -0.05) is 0 Å². The quantitative estimate of drug-likeness (QED) is 0.462. The summed E-state index contributed by atoms with van der Waals surface area (Å²) in [6.45, 7) is 2.36. The molecule has 0 amide bonds.